The van der Waals surface area contributed by atoms with Gasteiger partial charge >= 0.3 is 0 Å². The first-order valence-corrected chi connectivity index (χ1v) is 7.80. The van der Waals surface area contributed by atoms with Gasteiger partial charge in [0, 0.05) is 18.2 Å². The molecule has 1 unspecified atom stereocenters. The van der Waals surface area contributed by atoms with Crippen molar-refractivity contribution >= 4 is 0 Å². The summed E-state index contributed by atoms with van der Waals surface area (Å²) < 4.78 is 5.89. The summed E-state index contributed by atoms with van der Waals surface area (Å²) in [6.07, 6.45) is 0. The van der Waals surface area contributed by atoms with Crippen molar-refractivity contribution in [1.82, 2.24) is 10.2 Å². The van der Waals surface area contributed by atoms with Crippen LogP contribution in [-0.2, 0) is 13.1 Å². The van der Waals surface area contributed by atoms with Crippen molar-refractivity contribution < 1.29 is 4.42 Å². The van der Waals surface area contributed by atoms with Crippen molar-refractivity contribution in [3.05, 3.63) is 23.2 Å². The second-order valence-corrected chi connectivity index (χ2v) is 6.72. The van der Waals surface area contributed by atoms with E-state index in [4.69, 9.17) is 4.42 Å². The highest BCUT2D eigenvalue weighted by Gasteiger charge is 2.16. The van der Waals surface area contributed by atoms with Crippen LogP contribution in [0.25, 0.3) is 0 Å². The zero-order chi connectivity index (χ0) is 15.3. The Kier molecular flexibility index (Phi) is 6.77. The maximum atomic E-state index is 5.89. The molecular formula is C17H32N2O. The lowest BCUT2D eigenvalue weighted by Crippen LogP contribution is -2.32. The largest absolute Gasteiger partial charge is 0.465 e. The number of rotatable bonds is 8. The summed E-state index contributed by atoms with van der Waals surface area (Å²) in [7, 11) is 2.17. The van der Waals surface area contributed by atoms with E-state index in [-0.39, 0.29) is 0 Å². The molecule has 1 aromatic heterocycles. The normalized spacial score (nSPS) is 13.7. The highest BCUT2D eigenvalue weighted by Crippen LogP contribution is 2.18. The first kappa shape index (κ1) is 17.3. The predicted molar refractivity (Wildman–Crippen MR) is 85.8 cm³/mol. The Labute approximate surface area is 124 Å². The Morgan fingerprint density at radius 3 is 2.40 bits per heavy atom. The molecule has 0 radical (unpaired) electrons. The Balaban J connectivity index is 2.56. The lowest BCUT2D eigenvalue weighted by atomic mass is 10.1. The molecule has 3 nitrogen and oxygen atoms in total. The summed E-state index contributed by atoms with van der Waals surface area (Å²) in [6, 6.07) is 2.76. The van der Waals surface area contributed by atoms with Gasteiger partial charge in [0.25, 0.3) is 0 Å². The third-order valence-electron chi connectivity index (χ3n) is 4.00. The van der Waals surface area contributed by atoms with Crippen LogP contribution in [0.1, 0.15) is 51.7 Å². The van der Waals surface area contributed by atoms with Gasteiger partial charge in [0.05, 0.1) is 6.54 Å². The van der Waals surface area contributed by atoms with Crippen molar-refractivity contribution in [3.63, 3.8) is 0 Å². The molecule has 0 aromatic carbocycles. The molecule has 0 amide bonds. The van der Waals surface area contributed by atoms with E-state index in [1.54, 1.807) is 0 Å². The molecule has 20 heavy (non-hydrogen) atoms. The first-order chi connectivity index (χ1) is 9.31. The molecule has 0 saturated carbocycles. The van der Waals surface area contributed by atoms with Crippen LogP contribution in [0, 0.1) is 18.8 Å². The fourth-order valence-electron chi connectivity index (χ4n) is 2.24. The van der Waals surface area contributed by atoms with Gasteiger partial charge in [-0.05, 0) is 45.3 Å². The number of nitrogens with one attached hydrogen (secondary N) is 1. The third kappa shape index (κ3) is 5.29. The highest BCUT2D eigenvalue weighted by atomic mass is 16.3. The van der Waals surface area contributed by atoms with Crippen LogP contribution in [0.3, 0.4) is 0 Å². The minimum Gasteiger partial charge on any atom is -0.465 e. The van der Waals surface area contributed by atoms with Crippen LogP contribution in [0.4, 0.5) is 0 Å². The van der Waals surface area contributed by atoms with Crippen molar-refractivity contribution in [2.75, 3.05) is 13.6 Å². The lowest BCUT2D eigenvalue weighted by molar-refractivity contribution is 0.186. The molecule has 1 N–H and O–H groups in total. The standard InChI is InChI=1S/C17H32N2O/c1-12(2)9-18-10-16-8-17(20-15(16)6)11-19(7)14(5)13(3)4/h8,12-14,18H,9-11H2,1-7H3. The van der Waals surface area contributed by atoms with E-state index in [1.165, 1.54) is 5.56 Å². The fourth-order valence-corrected chi connectivity index (χ4v) is 2.24. The van der Waals surface area contributed by atoms with Gasteiger partial charge in [-0.3, -0.25) is 4.90 Å². The SMILES string of the molecule is Cc1oc(CN(C)C(C)C(C)C)cc1CNCC(C)C. The summed E-state index contributed by atoms with van der Waals surface area (Å²) >= 11 is 0. The molecule has 3 heteroatoms. The molecule has 0 spiro atoms. The molecule has 0 fully saturated rings. The minimum atomic E-state index is 0.558. The van der Waals surface area contributed by atoms with E-state index < -0.39 is 0 Å². The third-order valence-corrected chi connectivity index (χ3v) is 4.00. The van der Waals surface area contributed by atoms with E-state index in [2.05, 4.69) is 64.9 Å². The average molecular weight is 280 g/mol. The molecule has 1 aromatic rings. The van der Waals surface area contributed by atoms with E-state index in [0.29, 0.717) is 17.9 Å². The smallest absolute Gasteiger partial charge is 0.118 e. The highest BCUT2D eigenvalue weighted by molar-refractivity contribution is 5.20. The van der Waals surface area contributed by atoms with Gasteiger partial charge in [0.2, 0.25) is 0 Å². The molecule has 1 heterocycles. The Hall–Kier alpha value is -0.800. The second-order valence-electron chi connectivity index (χ2n) is 6.72. The van der Waals surface area contributed by atoms with Crippen LogP contribution >= 0.6 is 0 Å². The molecule has 0 aliphatic carbocycles. The molecule has 0 bridgehead atoms. The molecule has 0 aliphatic heterocycles. The van der Waals surface area contributed by atoms with Crippen molar-refractivity contribution in [1.29, 1.82) is 0 Å². The van der Waals surface area contributed by atoms with Crippen LogP contribution in [-0.4, -0.2) is 24.5 Å². The number of furan rings is 1. The molecule has 0 saturated heterocycles. The second kappa shape index (κ2) is 7.84. The van der Waals surface area contributed by atoms with Crippen molar-refractivity contribution in [2.45, 2.75) is 60.7 Å². The Bertz CT molecular complexity index is 396. The van der Waals surface area contributed by atoms with Gasteiger partial charge in [0.15, 0.2) is 0 Å². The first-order valence-electron chi connectivity index (χ1n) is 7.80. The topological polar surface area (TPSA) is 28.4 Å². The summed E-state index contributed by atoms with van der Waals surface area (Å²) in [4.78, 5) is 2.36. The van der Waals surface area contributed by atoms with Crippen LogP contribution in [0.2, 0.25) is 0 Å². The number of hydrogen-bond donors (Lipinski definition) is 1. The monoisotopic (exact) mass is 280 g/mol. The molecule has 1 rings (SSSR count). The van der Waals surface area contributed by atoms with Crippen LogP contribution in [0.5, 0.6) is 0 Å². The van der Waals surface area contributed by atoms with E-state index in [0.717, 1.165) is 31.2 Å². The number of aryl methyl sites for hydroxylation is 1. The predicted octanol–water partition coefficient (Wildman–Crippen LogP) is 3.81. The summed E-state index contributed by atoms with van der Waals surface area (Å²) in [5.41, 5.74) is 1.28. The maximum absolute atomic E-state index is 5.89. The maximum Gasteiger partial charge on any atom is 0.118 e. The van der Waals surface area contributed by atoms with Gasteiger partial charge < -0.3 is 9.73 Å². The molecule has 0 aliphatic rings. The minimum absolute atomic E-state index is 0.558. The van der Waals surface area contributed by atoms with Gasteiger partial charge in [0.1, 0.15) is 11.5 Å². The fraction of sp³-hybridized carbons (Fsp3) is 0.765. The lowest BCUT2D eigenvalue weighted by Gasteiger charge is -2.26. The zero-order valence-electron chi connectivity index (χ0n) is 14.3. The van der Waals surface area contributed by atoms with E-state index in [9.17, 15) is 0 Å². The molecule has 116 valence electrons. The van der Waals surface area contributed by atoms with Gasteiger partial charge in [-0.15, -0.1) is 0 Å². The van der Waals surface area contributed by atoms with Gasteiger partial charge in [-0.25, -0.2) is 0 Å². The van der Waals surface area contributed by atoms with Gasteiger partial charge in [-0.1, -0.05) is 27.7 Å². The number of hydrogen-bond acceptors (Lipinski definition) is 3. The van der Waals surface area contributed by atoms with E-state index in [1.807, 2.05) is 0 Å². The molecule has 1 atom stereocenters. The van der Waals surface area contributed by atoms with Gasteiger partial charge in [-0.2, -0.15) is 0 Å². The summed E-state index contributed by atoms with van der Waals surface area (Å²) in [5.74, 6) is 3.45. The average Bonchev–Trinajstić information content (AvgIpc) is 2.68. The molecular weight excluding hydrogens is 248 g/mol. The summed E-state index contributed by atoms with van der Waals surface area (Å²) in [6.45, 7) is 16.1. The van der Waals surface area contributed by atoms with E-state index >= 15 is 0 Å². The van der Waals surface area contributed by atoms with Crippen molar-refractivity contribution in [3.8, 4) is 0 Å². The Morgan fingerprint density at radius 1 is 1.20 bits per heavy atom. The quantitative estimate of drug-likeness (QED) is 0.785. The number of nitrogens with zero attached hydrogens (tertiary/aromatic N) is 1. The Morgan fingerprint density at radius 2 is 1.85 bits per heavy atom. The summed E-state index contributed by atoms with van der Waals surface area (Å²) in [5, 5.41) is 3.48. The van der Waals surface area contributed by atoms with Crippen molar-refractivity contribution in [2.24, 2.45) is 11.8 Å². The van der Waals surface area contributed by atoms with Crippen LogP contribution in [0.15, 0.2) is 10.5 Å². The zero-order valence-corrected chi connectivity index (χ0v) is 14.3. The van der Waals surface area contributed by atoms with Crippen LogP contribution < -0.4 is 5.32 Å².